The van der Waals surface area contributed by atoms with Gasteiger partial charge in [-0.3, -0.25) is 4.79 Å². The monoisotopic (exact) mass is 560 g/mol. The van der Waals surface area contributed by atoms with Crippen LogP contribution in [0.3, 0.4) is 0 Å². The van der Waals surface area contributed by atoms with Crippen LogP contribution in [0.4, 0.5) is 0 Å². The highest BCUT2D eigenvalue weighted by molar-refractivity contribution is 9.10. The van der Waals surface area contributed by atoms with Crippen LogP contribution in [-0.2, 0) is 0 Å². The van der Waals surface area contributed by atoms with Crippen molar-refractivity contribution in [1.29, 1.82) is 0 Å². The number of carbonyl (C=O) groups is 1. The number of fused-ring (bicyclic) bond motifs is 1. The van der Waals surface area contributed by atoms with Crippen molar-refractivity contribution in [2.75, 3.05) is 28.4 Å². The summed E-state index contributed by atoms with van der Waals surface area (Å²) < 4.78 is 23.7. The summed E-state index contributed by atoms with van der Waals surface area (Å²) in [6.07, 6.45) is 0. The van der Waals surface area contributed by atoms with Gasteiger partial charge in [-0.15, -0.1) is 0 Å². The number of ketones is 1. The molecule has 0 unspecified atom stereocenters. The van der Waals surface area contributed by atoms with Gasteiger partial charge in [-0.25, -0.2) is 0 Å². The van der Waals surface area contributed by atoms with Gasteiger partial charge in [-0.2, -0.15) is 0 Å². The number of rotatable bonds is 6. The van der Waals surface area contributed by atoms with E-state index in [-0.39, 0.29) is 11.7 Å². The summed E-state index contributed by atoms with van der Waals surface area (Å²) in [4.78, 5) is 13.8. The van der Waals surface area contributed by atoms with E-state index in [4.69, 9.17) is 18.9 Å². The summed E-state index contributed by atoms with van der Waals surface area (Å²) in [6.45, 7) is 0. The molecule has 0 aromatic heterocycles. The van der Waals surface area contributed by atoms with Crippen LogP contribution in [0.25, 0.3) is 0 Å². The molecule has 1 aliphatic carbocycles. The van der Waals surface area contributed by atoms with Gasteiger partial charge in [-0.1, -0.05) is 44.0 Å². The Morgan fingerprint density at radius 3 is 1.72 bits per heavy atom. The Labute approximate surface area is 203 Å². The molecule has 4 rings (SSSR count). The van der Waals surface area contributed by atoms with Gasteiger partial charge in [0.15, 0.2) is 28.8 Å². The topological polar surface area (TPSA) is 54.0 Å². The molecule has 0 heterocycles. The smallest absolute Gasteiger partial charge is 0.171 e. The number of Topliss-reactive ketones (excluding diaryl/α,β-unsaturated/α-hetero) is 1. The summed E-state index contributed by atoms with van der Waals surface area (Å²) in [5.74, 6) is 1.63. The average molecular weight is 562 g/mol. The van der Waals surface area contributed by atoms with Gasteiger partial charge in [0.25, 0.3) is 0 Å². The highest BCUT2D eigenvalue weighted by Crippen LogP contribution is 2.53. The molecule has 0 fully saturated rings. The van der Waals surface area contributed by atoms with Gasteiger partial charge in [-0.05, 0) is 53.1 Å². The quantitative estimate of drug-likeness (QED) is 0.350. The van der Waals surface area contributed by atoms with E-state index in [9.17, 15) is 4.79 Å². The first-order valence-corrected chi connectivity index (χ1v) is 11.5. The van der Waals surface area contributed by atoms with E-state index >= 15 is 0 Å². The van der Waals surface area contributed by atoms with E-state index in [2.05, 4.69) is 31.9 Å². The van der Waals surface area contributed by atoms with Gasteiger partial charge in [0.2, 0.25) is 0 Å². The summed E-state index contributed by atoms with van der Waals surface area (Å²) in [5, 5.41) is 0. The molecule has 5 nitrogen and oxygen atoms in total. The highest BCUT2D eigenvalue weighted by Gasteiger charge is 2.43. The summed E-state index contributed by atoms with van der Waals surface area (Å²) in [5.41, 5.74) is 3.39. The molecule has 0 N–H and O–H groups in total. The summed E-state index contributed by atoms with van der Waals surface area (Å²) in [6, 6.07) is 15.4. The molecule has 0 amide bonds. The number of halogens is 2. The molecule has 0 spiro atoms. The second kappa shape index (κ2) is 9.16. The minimum absolute atomic E-state index is 0.0155. The minimum atomic E-state index is -0.461. The van der Waals surface area contributed by atoms with E-state index in [1.807, 2.05) is 42.5 Å². The molecule has 32 heavy (non-hydrogen) atoms. The van der Waals surface area contributed by atoms with Crippen LogP contribution in [0, 0.1) is 0 Å². The van der Waals surface area contributed by atoms with Crippen LogP contribution >= 0.6 is 31.9 Å². The number of methoxy groups -OCH3 is 4. The van der Waals surface area contributed by atoms with Crippen molar-refractivity contribution in [2.24, 2.45) is 0 Å². The zero-order valence-electron chi connectivity index (χ0n) is 18.1. The Kier molecular flexibility index (Phi) is 6.49. The van der Waals surface area contributed by atoms with Crippen LogP contribution in [0.2, 0.25) is 0 Å². The zero-order chi connectivity index (χ0) is 23.0. The molecule has 3 aromatic carbocycles. The first kappa shape index (κ1) is 22.7. The molecular formula is C25H22Br2O5. The highest BCUT2D eigenvalue weighted by atomic mass is 79.9. The number of hydrogen-bond donors (Lipinski definition) is 0. The third kappa shape index (κ3) is 3.77. The second-order valence-electron chi connectivity index (χ2n) is 7.39. The lowest BCUT2D eigenvalue weighted by Crippen LogP contribution is -2.14. The minimum Gasteiger partial charge on any atom is -0.493 e. The van der Waals surface area contributed by atoms with E-state index in [1.165, 1.54) is 0 Å². The number of benzene rings is 3. The van der Waals surface area contributed by atoms with E-state index in [1.54, 1.807) is 34.5 Å². The molecule has 0 bridgehead atoms. The molecule has 2 atom stereocenters. The lowest BCUT2D eigenvalue weighted by Gasteiger charge is -2.23. The predicted molar refractivity (Wildman–Crippen MR) is 130 cm³/mol. The predicted octanol–water partition coefficient (Wildman–Crippen LogP) is 6.36. The molecule has 0 radical (unpaired) electrons. The SMILES string of the molecule is COc1cc(Br)c([C@H]2C(=O)c3cc(OC)c(OC)cc3[C@@H]2c2ccc(Br)cc2)cc1OC. The molecule has 166 valence electrons. The molecule has 0 aliphatic heterocycles. The fourth-order valence-electron chi connectivity index (χ4n) is 4.34. The zero-order valence-corrected chi connectivity index (χ0v) is 21.2. The standard InChI is InChI=1S/C25H22Br2O5/c1-29-19-9-15-16(10-20(19)30-2)25(28)24(23(15)13-5-7-14(26)8-6-13)17-11-21(31-3)22(32-4)12-18(17)27/h5-12,23-24H,1-4H3/t23-,24+/m0/s1. The van der Waals surface area contributed by atoms with Crippen LogP contribution in [0.5, 0.6) is 23.0 Å². The van der Waals surface area contributed by atoms with Gasteiger partial charge in [0.1, 0.15) is 0 Å². The van der Waals surface area contributed by atoms with Gasteiger partial charge < -0.3 is 18.9 Å². The lowest BCUT2D eigenvalue weighted by atomic mass is 9.81. The molecule has 0 saturated carbocycles. The maximum atomic E-state index is 13.8. The molecule has 3 aromatic rings. The Bertz CT molecular complexity index is 1170. The number of hydrogen-bond acceptors (Lipinski definition) is 5. The van der Waals surface area contributed by atoms with Crippen LogP contribution in [0.15, 0.2) is 57.5 Å². The largest absolute Gasteiger partial charge is 0.493 e. The third-order valence-corrected chi connectivity index (χ3v) is 7.05. The van der Waals surface area contributed by atoms with E-state index < -0.39 is 5.92 Å². The van der Waals surface area contributed by atoms with Crippen molar-refractivity contribution in [3.05, 3.63) is 79.7 Å². The van der Waals surface area contributed by atoms with Crippen molar-refractivity contribution in [3.8, 4) is 23.0 Å². The maximum absolute atomic E-state index is 13.8. The second-order valence-corrected chi connectivity index (χ2v) is 9.16. The average Bonchev–Trinajstić information content (AvgIpc) is 3.09. The normalized spacial score (nSPS) is 17.1. The van der Waals surface area contributed by atoms with Crippen molar-refractivity contribution in [2.45, 2.75) is 11.8 Å². The first-order chi connectivity index (χ1) is 15.4. The lowest BCUT2D eigenvalue weighted by molar-refractivity contribution is 0.0967. The maximum Gasteiger partial charge on any atom is 0.171 e. The van der Waals surface area contributed by atoms with Crippen LogP contribution in [0.1, 0.15) is 38.9 Å². The molecule has 0 saturated heterocycles. The fourth-order valence-corrected chi connectivity index (χ4v) is 5.17. The Balaban J connectivity index is 1.97. The van der Waals surface area contributed by atoms with Crippen LogP contribution in [-0.4, -0.2) is 34.2 Å². The van der Waals surface area contributed by atoms with Crippen molar-refractivity contribution in [3.63, 3.8) is 0 Å². The van der Waals surface area contributed by atoms with E-state index in [0.717, 1.165) is 25.6 Å². The van der Waals surface area contributed by atoms with Crippen molar-refractivity contribution < 1.29 is 23.7 Å². The van der Waals surface area contributed by atoms with Crippen molar-refractivity contribution >= 4 is 37.6 Å². The first-order valence-electron chi connectivity index (χ1n) is 9.90. The molecule has 1 aliphatic rings. The number of carbonyl (C=O) groups excluding carboxylic acids is 1. The number of ether oxygens (including phenoxy) is 4. The molecular weight excluding hydrogens is 540 g/mol. The van der Waals surface area contributed by atoms with Gasteiger partial charge in [0, 0.05) is 20.4 Å². The van der Waals surface area contributed by atoms with E-state index in [0.29, 0.717) is 28.6 Å². The van der Waals surface area contributed by atoms with Crippen molar-refractivity contribution in [1.82, 2.24) is 0 Å². The third-order valence-electron chi connectivity index (χ3n) is 5.84. The Hall–Kier alpha value is -2.51. The summed E-state index contributed by atoms with van der Waals surface area (Å²) in [7, 11) is 6.34. The molecule has 7 heteroatoms. The van der Waals surface area contributed by atoms with Gasteiger partial charge >= 0.3 is 0 Å². The fraction of sp³-hybridized carbons (Fsp3) is 0.240. The van der Waals surface area contributed by atoms with Crippen LogP contribution < -0.4 is 18.9 Å². The van der Waals surface area contributed by atoms with Gasteiger partial charge in [0.05, 0.1) is 34.4 Å². The summed E-state index contributed by atoms with van der Waals surface area (Å²) >= 11 is 7.16. The Morgan fingerprint density at radius 1 is 0.656 bits per heavy atom. The Morgan fingerprint density at radius 2 is 1.16 bits per heavy atom.